The molecule has 0 aliphatic heterocycles. The van der Waals surface area contributed by atoms with Crippen LogP contribution in [0.25, 0.3) is 0 Å². The zero-order valence-corrected chi connectivity index (χ0v) is 19.5. The summed E-state index contributed by atoms with van der Waals surface area (Å²) in [6.07, 6.45) is 16.3. The summed E-state index contributed by atoms with van der Waals surface area (Å²) in [5.41, 5.74) is 0.221. The van der Waals surface area contributed by atoms with Crippen LogP contribution in [0.15, 0.2) is 18.3 Å². The number of ether oxygens (including phenoxy) is 2. The van der Waals surface area contributed by atoms with Gasteiger partial charge in [-0.3, -0.25) is 0 Å². The minimum absolute atomic E-state index is 0.108. The van der Waals surface area contributed by atoms with Crippen LogP contribution in [0.2, 0.25) is 0 Å². The van der Waals surface area contributed by atoms with Gasteiger partial charge in [0.15, 0.2) is 0 Å². The second-order valence-corrected chi connectivity index (χ2v) is 8.96. The fraction of sp³-hybridized carbons (Fsp3) is 0.731. The van der Waals surface area contributed by atoms with Crippen molar-refractivity contribution in [3.8, 4) is 11.9 Å². The third kappa shape index (κ3) is 8.89. The van der Waals surface area contributed by atoms with Crippen LogP contribution in [0, 0.1) is 16.7 Å². The fourth-order valence-electron chi connectivity index (χ4n) is 4.26. The molecule has 0 radical (unpaired) electrons. The van der Waals surface area contributed by atoms with Crippen molar-refractivity contribution >= 4 is 5.97 Å². The SMILES string of the molecule is CCCCCCCC1(C#N)CCC(OC(=O)c2ccc(OCCCCCC)nc2)CC1. The first-order valence-corrected chi connectivity index (χ1v) is 12.3. The molecule has 0 saturated heterocycles. The van der Waals surface area contributed by atoms with Crippen molar-refractivity contribution < 1.29 is 14.3 Å². The van der Waals surface area contributed by atoms with Crippen LogP contribution >= 0.6 is 0 Å². The summed E-state index contributed by atoms with van der Waals surface area (Å²) in [5.74, 6) is 0.208. The lowest BCUT2D eigenvalue weighted by Crippen LogP contribution is -2.31. The van der Waals surface area contributed by atoms with Gasteiger partial charge in [0.2, 0.25) is 5.88 Å². The summed E-state index contributed by atoms with van der Waals surface area (Å²) < 4.78 is 11.3. The molecule has 0 N–H and O–H groups in total. The minimum atomic E-state index is -0.337. The molecule has 0 spiro atoms. The predicted octanol–water partition coefficient (Wildman–Crippen LogP) is 7.01. The molecule has 1 saturated carbocycles. The Morgan fingerprint density at radius 3 is 2.35 bits per heavy atom. The molecule has 0 amide bonds. The highest BCUT2D eigenvalue weighted by atomic mass is 16.5. The van der Waals surface area contributed by atoms with E-state index < -0.39 is 0 Å². The zero-order chi connectivity index (χ0) is 22.4. The standard InChI is InChI=1S/C26H40N2O3/c1-3-5-7-9-10-16-26(21-27)17-14-23(15-18-26)31-25(29)22-12-13-24(28-20-22)30-19-11-8-6-4-2/h12-13,20,23H,3-11,14-19H2,1-2H3. The van der Waals surface area contributed by atoms with E-state index in [1.807, 2.05) is 0 Å². The quantitative estimate of drug-likeness (QED) is 0.235. The largest absolute Gasteiger partial charge is 0.478 e. The molecule has 172 valence electrons. The van der Waals surface area contributed by atoms with Gasteiger partial charge in [-0.1, -0.05) is 65.2 Å². The molecular formula is C26H40N2O3. The molecule has 0 unspecified atom stereocenters. The van der Waals surface area contributed by atoms with Gasteiger partial charge in [-0.05, 0) is 44.6 Å². The molecule has 1 aliphatic carbocycles. The first-order chi connectivity index (χ1) is 15.1. The van der Waals surface area contributed by atoms with Gasteiger partial charge in [0.05, 0.1) is 23.7 Å². The van der Waals surface area contributed by atoms with Gasteiger partial charge in [-0.2, -0.15) is 5.26 Å². The lowest BCUT2D eigenvalue weighted by molar-refractivity contribution is 0.0104. The molecular weight excluding hydrogens is 388 g/mol. The number of aromatic nitrogens is 1. The number of unbranched alkanes of at least 4 members (excludes halogenated alkanes) is 7. The van der Waals surface area contributed by atoms with Crippen molar-refractivity contribution in [1.82, 2.24) is 4.98 Å². The molecule has 5 nitrogen and oxygen atoms in total. The summed E-state index contributed by atoms with van der Waals surface area (Å²) in [6, 6.07) is 6.03. The third-order valence-corrected chi connectivity index (χ3v) is 6.38. The van der Waals surface area contributed by atoms with Crippen molar-refractivity contribution in [3.63, 3.8) is 0 Å². The van der Waals surface area contributed by atoms with Crippen LogP contribution in [0.1, 0.15) is 114 Å². The van der Waals surface area contributed by atoms with E-state index in [4.69, 9.17) is 9.47 Å². The molecule has 2 rings (SSSR count). The summed E-state index contributed by atoms with van der Waals surface area (Å²) in [6.45, 7) is 5.05. The average molecular weight is 429 g/mol. The van der Waals surface area contributed by atoms with Gasteiger partial charge in [0, 0.05) is 12.3 Å². The maximum absolute atomic E-state index is 12.5. The summed E-state index contributed by atoms with van der Waals surface area (Å²) >= 11 is 0. The van der Waals surface area contributed by atoms with Crippen LogP contribution < -0.4 is 4.74 Å². The highest BCUT2D eigenvalue weighted by molar-refractivity contribution is 5.89. The number of pyridine rings is 1. The third-order valence-electron chi connectivity index (χ3n) is 6.38. The Kier molecular flexibility index (Phi) is 11.4. The summed E-state index contributed by atoms with van der Waals surface area (Å²) in [5, 5.41) is 9.74. The topological polar surface area (TPSA) is 72.2 Å². The van der Waals surface area contributed by atoms with Crippen molar-refractivity contribution in [3.05, 3.63) is 23.9 Å². The lowest BCUT2D eigenvalue weighted by Gasteiger charge is -2.34. The van der Waals surface area contributed by atoms with Crippen LogP contribution in [0.3, 0.4) is 0 Å². The Bertz CT molecular complexity index is 673. The molecule has 0 aromatic carbocycles. The molecule has 1 heterocycles. The first kappa shape index (κ1) is 25.2. The van der Waals surface area contributed by atoms with Crippen LogP contribution in [-0.4, -0.2) is 23.7 Å². The fourth-order valence-corrected chi connectivity index (χ4v) is 4.26. The highest BCUT2D eigenvalue weighted by Gasteiger charge is 2.36. The molecule has 1 aliphatic rings. The normalized spacial score (nSPS) is 20.7. The number of carbonyl (C=O) groups is 1. The lowest BCUT2D eigenvalue weighted by atomic mass is 9.71. The summed E-state index contributed by atoms with van der Waals surface area (Å²) in [4.78, 5) is 16.7. The van der Waals surface area contributed by atoms with E-state index in [-0.39, 0.29) is 17.5 Å². The molecule has 0 bridgehead atoms. The van der Waals surface area contributed by atoms with Gasteiger partial charge in [0.1, 0.15) is 6.10 Å². The molecule has 1 aromatic rings. The van der Waals surface area contributed by atoms with E-state index in [1.165, 1.54) is 44.7 Å². The molecule has 0 atom stereocenters. The average Bonchev–Trinajstić information content (AvgIpc) is 2.80. The number of nitrogens with zero attached hydrogens (tertiary/aromatic N) is 2. The van der Waals surface area contributed by atoms with E-state index in [0.717, 1.165) is 51.4 Å². The molecule has 1 aromatic heterocycles. The number of rotatable bonds is 14. The smallest absolute Gasteiger partial charge is 0.339 e. The van der Waals surface area contributed by atoms with Gasteiger partial charge in [-0.25, -0.2) is 9.78 Å². The zero-order valence-electron chi connectivity index (χ0n) is 19.5. The van der Waals surface area contributed by atoms with Gasteiger partial charge in [0.25, 0.3) is 0 Å². The predicted molar refractivity (Wildman–Crippen MR) is 123 cm³/mol. The second kappa shape index (κ2) is 14.1. The molecule has 5 heteroatoms. The Labute approximate surface area is 188 Å². The number of nitriles is 1. The van der Waals surface area contributed by atoms with Crippen molar-refractivity contribution in [2.75, 3.05) is 6.61 Å². The molecule has 31 heavy (non-hydrogen) atoms. The van der Waals surface area contributed by atoms with E-state index in [2.05, 4.69) is 24.9 Å². The monoisotopic (exact) mass is 428 g/mol. The van der Waals surface area contributed by atoms with Gasteiger partial charge >= 0.3 is 5.97 Å². The number of carbonyl (C=O) groups excluding carboxylic acids is 1. The van der Waals surface area contributed by atoms with Crippen LogP contribution in [-0.2, 0) is 4.74 Å². The number of hydrogen-bond acceptors (Lipinski definition) is 5. The highest BCUT2D eigenvalue weighted by Crippen LogP contribution is 2.41. The molecule has 1 fully saturated rings. The number of hydrogen-bond donors (Lipinski definition) is 0. The Morgan fingerprint density at radius 2 is 1.74 bits per heavy atom. The second-order valence-electron chi connectivity index (χ2n) is 8.96. The Balaban J connectivity index is 1.72. The van der Waals surface area contributed by atoms with Gasteiger partial charge in [-0.15, -0.1) is 0 Å². The van der Waals surface area contributed by atoms with Crippen molar-refractivity contribution in [2.45, 2.75) is 110 Å². The Hall–Kier alpha value is -2.09. The maximum Gasteiger partial charge on any atom is 0.339 e. The van der Waals surface area contributed by atoms with Crippen molar-refractivity contribution in [1.29, 1.82) is 5.26 Å². The van der Waals surface area contributed by atoms with Crippen molar-refractivity contribution in [2.24, 2.45) is 5.41 Å². The van der Waals surface area contributed by atoms with Crippen LogP contribution in [0.5, 0.6) is 5.88 Å². The van der Waals surface area contributed by atoms with E-state index in [1.54, 1.807) is 12.1 Å². The van der Waals surface area contributed by atoms with E-state index in [9.17, 15) is 10.1 Å². The van der Waals surface area contributed by atoms with Gasteiger partial charge < -0.3 is 9.47 Å². The van der Waals surface area contributed by atoms with E-state index in [0.29, 0.717) is 18.1 Å². The summed E-state index contributed by atoms with van der Waals surface area (Å²) in [7, 11) is 0. The van der Waals surface area contributed by atoms with E-state index >= 15 is 0 Å². The number of esters is 1. The Morgan fingerprint density at radius 1 is 1.06 bits per heavy atom. The minimum Gasteiger partial charge on any atom is -0.478 e. The first-order valence-electron chi connectivity index (χ1n) is 12.3. The van der Waals surface area contributed by atoms with Crippen LogP contribution in [0.4, 0.5) is 0 Å². The maximum atomic E-state index is 12.5.